The van der Waals surface area contributed by atoms with Crippen LogP contribution >= 0.6 is 0 Å². The molecule has 22 heavy (non-hydrogen) atoms. The Balaban J connectivity index is 1.82. The minimum atomic E-state index is -3.40. The van der Waals surface area contributed by atoms with Gasteiger partial charge in [0.15, 0.2) is 0 Å². The number of piperidine rings is 1. The van der Waals surface area contributed by atoms with Gasteiger partial charge in [-0.05, 0) is 63.0 Å². The SMILES string of the molecule is CNCC1CCCN(S(=O)(=O)c2ccc3c(c2)CC(C)O3)C1. The van der Waals surface area contributed by atoms with Crippen LogP contribution in [0.4, 0.5) is 0 Å². The van der Waals surface area contributed by atoms with Crippen LogP contribution in [0.15, 0.2) is 23.1 Å². The van der Waals surface area contributed by atoms with E-state index in [1.807, 2.05) is 14.0 Å². The Hall–Kier alpha value is -1.11. The normalized spacial score (nSPS) is 25.7. The van der Waals surface area contributed by atoms with E-state index in [4.69, 9.17) is 4.74 Å². The number of nitrogens with one attached hydrogen (secondary N) is 1. The van der Waals surface area contributed by atoms with Crippen molar-refractivity contribution in [2.24, 2.45) is 5.92 Å². The molecule has 1 aromatic carbocycles. The Labute approximate surface area is 132 Å². The van der Waals surface area contributed by atoms with Gasteiger partial charge >= 0.3 is 0 Å². The highest BCUT2D eigenvalue weighted by molar-refractivity contribution is 7.89. The first-order chi connectivity index (χ1) is 10.5. The topological polar surface area (TPSA) is 58.6 Å². The lowest BCUT2D eigenvalue weighted by atomic mass is 10.00. The number of nitrogens with zero attached hydrogens (tertiary/aromatic N) is 1. The van der Waals surface area contributed by atoms with Crippen molar-refractivity contribution in [2.75, 3.05) is 26.7 Å². The Morgan fingerprint density at radius 3 is 3.00 bits per heavy atom. The second kappa shape index (κ2) is 6.18. The molecule has 1 fully saturated rings. The zero-order chi connectivity index (χ0) is 15.7. The van der Waals surface area contributed by atoms with E-state index in [0.29, 0.717) is 23.9 Å². The molecule has 1 saturated heterocycles. The third-order valence-corrected chi connectivity index (χ3v) is 6.34. The highest BCUT2D eigenvalue weighted by Gasteiger charge is 2.31. The average molecular weight is 324 g/mol. The van der Waals surface area contributed by atoms with Crippen LogP contribution < -0.4 is 10.1 Å². The first-order valence-electron chi connectivity index (χ1n) is 7.95. The lowest BCUT2D eigenvalue weighted by molar-refractivity contribution is 0.254. The summed E-state index contributed by atoms with van der Waals surface area (Å²) in [5, 5.41) is 3.15. The van der Waals surface area contributed by atoms with Gasteiger partial charge in [-0.25, -0.2) is 8.42 Å². The quantitative estimate of drug-likeness (QED) is 0.914. The maximum absolute atomic E-state index is 12.9. The number of fused-ring (bicyclic) bond motifs is 1. The molecule has 0 radical (unpaired) electrons. The number of rotatable bonds is 4. The molecule has 122 valence electrons. The van der Waals surface area contributed by atoms with Crippen LogP contribution in [0.2, 0.25) is 0 Å². The fourth-order valence-electron chi connectivity index (χ4n) is 3.41. The first-order valence-corrected chi connectivity index (χ1v) is 9.39. The fraction of sp³-hybridized carbons (Fsp3) is 0.625. The van der Waals surface area contributed by atoms with Gasteiger partial charge in [0.25, 0.3) is 0 Å². The van der Waals surface area contributed by atoms with E-state index in [9.17, 15) is 8.42 Å². The van der Waals surface area contributed by atoms with Gasteiger partial charge in [0.05, 0.1) is 4.90 Å². The number of ether oxygens (including phenoxy) is 1. The van der Waals surface area contributed by atoms with Crippen LogP contribution in [0.1, 0.15) is 25.3 Å². The summed E-state index contributed by atoms with van der Waals surface area (Å²) in [7, 11) is -1.49. The molecule has 2 heterocycles. The molecule has 0 aromatic heterocycles. The van der Waals surface area contributed by atoms with Crippen LogP contribution in [0.3, 0.4) is 0 Å². The molecular formula is C16H24N2O3S. The van der Waals surface area contributed by atoms with Gasteiger partial charge in [0.2, 0.25) is 10.0 Å². The Bertz CT molecular complexity index is 643. The van der Waals surface area contributed by atoms with E-state index in [0.717, 1.165) is 37.1 Å². The molecule has 0 saturated carbocycles. The van der Waals surface area contributed by atoms with Crippen LogP contribution in [0.25, 0.3) is 0 Å². The summed E-state index contributed by atoms with van der Waals surface area (Å²) in [6.07, 6.45) is 2.92. The van der Waals surface area contributed by atoms with Gasteiger partial charge in [0, 0.05) is 19.5 Å². The second-order valence-corrected chi connectivity index (χ2v) is 8.27. The van der Waals surface area contributed by atoms with Crippen molar-refractivity contribution in [1.29, 1.82) is 0 Å². The summed E-state index contributed by atoms with van der Waals surface area (Å²) in [4.78, 5) is 0.397. The molecule has 2 unspecified atom stereocenters. The van der Waals surface area contributed by atoms with Crippen molar-refractivity contribution in [1.82, 2.24) is 9.62 Å². The fourth-order valence-corrected chi connectivity index (χ4v) is 5.01. The summed E-state index contributed by atoms with van der Waals surface area (Å²) in [6, 6.07) is 5.25. The molecule has 1 N–H and O–H groups in total. The van der Waals surface area contributed by atoms with E-state index < -0.39 is 10.0 Å². The van der Waals surface area contributed by atoms with Gasteiger partial charge in [-0.1, -0.05) is 0 Å². The molecule has 0 bridgehead atoms. The largest absolute Gasteiger partial charge is 0.490 e. The molecule has 3 rings (SSSR count). The minimum Gasteiger partial charge on any atom is -0.490 e. The number of sulfonamides is 1. The third-order valence-electron chi connectivity index (χ3n) is 4.48. The highest BCUT2D eigenvalue weighted by Crippen LogP contribution is 2.32. The van der Waals surface area contributed by atoms with Crippen molar-refractivity contribution in [3.8, 4) is 5.75 Å². The molecule has 5 nitrogen and oxygen atoms in total. The van der Waals surface area contributed by atoms with Gasteiger partial charge in [0.1, 0.15) is 11.9 Å². The molecule has 1 aromatic rings. The molecule has 2 atom stereocenters. The van der Waals surface area contributed by atoms with E-state index >= 15 is 0 Å². The summed E-state index contributed by atoms with van der Waals surface area (Å²) in [5.41, 5.74) is 0.998. The second-order valence-electron chi connectivity index (χ2n) is 6.33. The van der Waals surface area contributed by atoms with Crippen molar-refractivity contribution in [3.63, 3.8) is 0 Å². The van der Waals surface area contributed by atoms with Crippen molar-refractivity contribution >= 4 is 10.0 Å². The van der Waals surface area contributed by atoms with Crippen LogP contribution in [0.5, 0.6) is 5.75 Å². The predicted octanol–water partition coefficient (Wildman–Crippen LogP) is 1.63. The van der Waals surface area contributed by atoms with E-state index in [2.05, 4.69) is 5.32 Å². The summed E-state index contributed by atoms with van der Waals surface area (Å²) < 4.78 is 33.1. The molecule has 0 spiro atoms. The van der Waals surface area contributed by atoms with Crippen LogP contribution in [-0.2, 0) is 16.4 Å². The van der Waals surface area contributed by atoms with Crippen LogP contribution in [-0.4, -0.2) is 45.5 Å². The van der Waals surface area contributed by atoms with Gasteiger partial charge in [-0.15, -0.1) is 0 Å². The molecule has 2 aliphatic rings. The molecule has 0 amide bonds. The standard InChI is InChI=1S/C16H24N2O3S/c1-12-8-14-9-15(5-6-16(14)21-12)22(19,20)18-7-3-4-13(11-18)10-17-2/h5-6,9,12-13,17H,3-4,7-8,10-11H2,1-2H3. The van der Waals surface area contributed by atoms with Crippen molar-refractivity contribution < 1.29 is 13.2 Å². The summed E-state index contributed by atoms with van der Waals surface area (Å²) >= 11 is 0. The Morgan fingerprint density at radius 1 is 1.41 bits per heavy atom. The van der Waals surface area contributed by atoms with Gasteiger partial charge in [-0.2, -0.15) is 4.31 Å². The van der Waals surface area contributed by atoms with Gasteiger partial charge < -0.3 is 10.1 Å². The first kappa shape index (κ1) is 15.8. The average Bonchev–Trinajstić information content (AvgIpc) is 2.87. The van der Waals surface area contributed by atoms with Crippen molar-refractivity contribution in [2.45, 2.75) is 37.2 Å². The van der Waals surface area contributed by atoms with E-state index in [1.165, 1.54) is 0 Å². The number of benzene rings is 1. The number of hydrogen-bond donors (Lipinski definition) is 1. The smallest absolute Gasteiger partial charge is 0.243 e. The predicted molar refractivity (Wildman–Crippen MR) is 85.6 cm³/mol. The summed E-state index contributed by atoms with van der Waals surface area (Å²) in [5.74, 6) is 1.21. The number of hydrogen-bond acceptors (Lipinski definition) is 4. The third kappa shape index (κ3) is 3.00. The Kier molecular flexibility index (Phi) is 4.43. The molecule has 6 heteroatoms. The van der Waals surface area contributed by atoms with Crippen LogP contribution in [0, 0.1) is 5.92 Å². The zero-order valence-corrected chi connectivity index (χ0v) is 14.0. The Morgan fingerprint density at radius 2 is 2.23 bits per heavy atom. The lowest BCUT2D eigenvalue weighted by Crippen LogP contribution is -2.42. The highest BCUT2D eigenvalue weighted by atomic mass is 32.2. The summed E-state index contributed by atoms with van der Waals surface area (Å²) in [6.45, 7) is 4.09. The molecule has 0 aliphatic carbocycles. The molecular weight excluding hydrogens is 300 g/mol. The van der Waals surface area contributed by atoms with Gasteiger partial charge in [-0.3, -0.25) is 0 Å². The zero-order valence-electron chi connectivity index (χ0n) is 13.2. The maximum Gasteiger partial charge on any atom is 0.243 e. The maximum atomic E-state index is 12.9. The minimum absolute atomic E-state index is 0.128. The molecule has 2 aliphatic heterocycles. The van der Waals surface area contributed by atoms with E-state index in [1.54, 1.807) is 22.5 Å². The van der Waals surface area contributed by atoms with Crippen molar-refractivity contribution in [3.05, 3.63) is 23.8 Å². The lowest BCUT2D eigenvalue weighted by Gasteiger charge is -2.31. The van der Waals surface area contributed by atoms with E-state index in [-0.39, 0.29) is 6.10 Å². The monoisotopic (exact) mass is 324 g/mol.